The number of nitrogens with one attached hydrogen (secondary N) is 1. The van der Waals surface area contributed by atoms with Gasteiger partial charge in [-0.25, -0.2) is 17.2 Å². The van der Waals surface area contributed by atoms with Crippen LogP contribution in [0.4, 0.5) is 20.2 Å². The number of hydrogen-bond donors (Lipinski definition) is 1. The lowest BCUT2D eigenvalue weighted by Gasteiger charge is -2.26. The average molecular weight is 461 g/mol. The fourth-order valence-electron chi connectivity index (χ4n) is 3.04. The minimum Gasteiger partial charge on any atom is -0.495 e. The zero-order valence-corrected chi connectivity index (χ0v) is 18.5. The second-order valence-electron chi connectivity index (χ2n) is 7.18. The number of amides is 1. The van der Waals surface area contributed by atoms with Crippen molar-refractivity contribution in [1.29, 1.82) is 0 Å². The van der Waals surface area contributed by atoms with Crippen LogP contribution in [0, 0.1) is 25.5 Å². The molecule has 0 aliphatic rings. The Balaban J connectivity index is 2.02. The molecule has 32 heavy (non-hydrogen) atoms. The number of nitrogens with zero attached hydrogens (tertiary/aromatic N) is 1. The summed E-state index contributed by atoms with van der Waals surface area (Å²) in [5, 5.41) is 2.40. The number of carbonyl (C=O) groups excluding carboxylic acids is 1. The third-order valence-corrected chi connectivity index (χ3v) is 6.48. The number of carbonyl (C=O) groups is 1. The largest absolute Gasteiger partial charge is 0.495 e. The second kappa shape index (κ2) is 9.35. The molecule has 0 atom stereocenters. The fourth-order valence-corrected chi connectivity index (χ4v) is 4.46. The molecule has 0 fully saturated rings. The topological polar surface area (TPSA) is 75.7 Å². The van der Waals surface area contributed by atoms with Crippen molar-refractivity contribution in [3.05, 3.63) is 83.4 Å². The number of halogens is 2. The summed E-state index contributed by atoms with van der Waals surface area (Å²) in [6.45, 7) is 2.99. The number of ether oxygens (including phenoxy) is 1. The zero-order valence-electron chi connectivity index (χ0n) is 17.7. The third-order valence-electron chi connectivity index (χ3n) is 4.70. The minimum atomic E-state index is -4.16. The normalized spacial score (nSPS) is 11.2. The molecule has 3 aromatic carbocycles. The molecule has 3 aromatic rings. The number of aryl methyl sites for hydroxylation is 2. The lowest BCUT2D eigenvalue weighted by Crippen LogP contribution is -2.38. The first kappa shape index (κ1) is 23.2. The van der Waals surface area contributed by atoms with E-state index in [4.69, 9.17) is 4.74 Å². The molecule has 0 unspecified atom stereocenters. The van der Waals surface area contributed by atoms with Crippen molar-refractivity contribution < 1.29 is 26.7 Å². The molecule has 0 spiro atoms. The van der Waals surface area contributed by atoms with E-state index in [-0.39, 0.29) is 22.0 Å². The summed E-state index contributed by atoms with van der Waals surface area (Å²) in [4.78, 5) is 12.7. The van der Waals surface area contributed by atoms with Gasteiger partial charge in [-0.05, 0) is 55.8 Å². The number of anilines is 2. The molecular formula is C23H22F2N2O4S. The lowest BCUT2D eigenvalue weighted by atomic mass is 10.2. The Morgan fingerprint density at radius 3 is 2.22 bits per heavy atom. The van der Waals surface area contributed by atoms with E-state index >= 15 is 0 Å². The first-order chi connectivity index (χ1) is 15.1. The predicted octanol–water partition coefficient (Wildman–Crippen LogP) is 4.42. The summed E-state index contributed by atoms with van der Waals surface area (Å²) >= 11 is 0. The van der Waals surface area contributed by atoms with Crippen LogP contribution in [-0.4, -0.2) is 28.0 Å². The van der Waals surface area contributed by atoms with Crippen LogP contribution in [0.3, 0.4) is 0 Å². The predicted molar refractivity (Wildman–Crippen MR) is 118 cm³/mol. The Kier molecular flexibility index (Phi) is 6.78. The minimum absolute atomic E-state index is 0.00205. The molecule has 0 bridgehead atoms. The van der Waals surface area contributed by atoms with Gasteiger partial charge < -0.3 is 10.1 Å². The molecule has 3 rings (SSSR count). The SMILES string of the molecule is COc1ccc(C)cc1N(CC(=O)Nc1ccc(F)c(F)c1)S(=O)(=O)c1ccc(C)cc1. The van der Waals surface area contributed by atoms with Crippen molar-refractivity contribution in [1.82, 2.24) is 0 Å². The maximum absolute atomic E-state index is 13.5. The molecule has 0 saturated carbocycles. The summed E-state index contributed by atoms with van der Waals surface area (Å²) < 4.78 is 59.9. The fraction of sp³-hybridized carbons (Fsp3) is 0.174. The molecule has 168 valence electrons. The Labute approximate surface area is 185 Å². The van der Waals surface area contributed by atoms with E-state index < -0.39 is 34.1 Å². The standard InChI is InChI=1S/C23H22F2N2O4S/c1-15-4-8-18(9-5-15)32(29,30)27(21-12-16(2)6-11-22(21)31-3)14-23(28)26-17-7-10-19(24)20(25)13-17/h4-13H,14H2,1-3H3,(H,26,28). The van der Waals surface area contributed by atoms with Gasteiger partial charge in [0, 0.05) is 11.8 Å². The molecule has 0 aliphatic carbocycles. The number of hydrogen-bond acceptors (Lipinski definition) is 4. The van der Waals surface area contributed by atoms with Gasteiger partial charge in [-0.1, -0.05) is 23.8 Å². The zero-order chi connectivity index (χ0) is 23.5. The van der Waals surface area contributed by atoms with E-state index in [1.165, 1.54) is 25.3 Å². The van der Waals surface area contributed by atoms with Crippen LogP contribution >= 0.6 is 0 Å². The van der Waals surface area contributed by atoms with Gasteiger partial charge >= 0.3 is 0 Å². The first-order valence-corrected chi connectivity index (χ1v) is 11.0. The van der Waals surface area contributed by atoms with Crippen molar-refractivity contribution in [3.63, 3.8) is 0 Å². The van der Waals surface area contributed by atoms with Gasteiger partial charge in [0.05, 0.1) is 17.7 Å². The highest BCUT2D eigenvalue weighted by Gasteiger charge is 2.29. The van der Waals surface area contributed by atoms with Crippen molar-refractivity contribution in [3.8, 4) is 5.75 Å². The third kappa shape index (κ3) is 5.05. The highest BCUT2D eigenvalue weighted by molar-refractivity contribution is 7.92. The van der Waals surface area contributed by atoms with Gasteiger partial charge in [0.15, 0.2) is 11.6 Å². The van der Waals surface area contributed by atoms with Gasteiger partial charge in [0.25, 0.3) is 10.0 Å². The molecule has 0 aliphatic heterocycles. The van der Waals surface area contributed by atoms with Crippen LogP contribution in [0.5, 0.6) is 5.75 Å². The summed E-state index contributed by atoms with van der Waals surface area (Å²) in [5.74, 6) is -2.68. The van der Waals surface area contributed by atoms with Crippen LogP contribution in [0.2, 0.25) is 0 Å². The summed E-state index contributed by atoms with van der Waals surface area (Å²) in [7, 11) is -2.77. The maximum atomic E-state index is 13.5. The molecule has 9 heteroatoms. The monoisotopic (exact) mass is 460 g/mol. The average Bonchev–Trinajstić information content (AvgIpc) is 2.75. The highest BCUT2D eigenvalue weighted by atomic mass is 32.2. The van der Waals surface area contributed by atoms with E-state index in [9.17, 15) is 22.0 Å². The van der Waals surface area contributed by atoms with E-state index in [1.54, 1.807) is 37.3 Å². The Bertz CT molecular complexity index is 1250. The van der Waals surface area contributed by atoms with E-state index in [2.05, 4.69) is 5.32 Å². The van der Waals surface area contributed by atoms with Gasteiger partial charge in [-0.15, -0.1) is 0 Å². The number of rotatable bonds is 7. The van der Waals surface area contributed by atoms with Crippen LogP contribution in [0.1, 0.15) is 11.1 Å². The van der Waals surface area contributed by atoms with E-state index in [0.717, 1.165) is 27.6 Å². The number of benzene rings is 3. The van der Waals surface area contributed by atoms with Crippen molar-refractivity contribution >= 4 is 27.3 Å². The quantitative estimate of drug-likeness (QED) is 0.566. The molecule has 0 aromatic heterocycles. The molecular weight excluding hydrogens is 438 g/mol. The summed E-state index contributed by atoms with van der Waals surface area (Å²) in [6, 6.07) is 14.0. The molecule has 0 heterocycles. The van der Waals surface area contributed by atoms with Crippen molar-refractivity contribution in [2.75, 3.05) is 23.3 Å². The van der Waals surface area contributed by atoms with Crippen molar-refractivity contribution in [2.24, 2.45) is 0 Å². The Hall–Kier alpha value is -3.46. The molecule has 0 radical (unpaired) electrons. The number of methoxy groups -OCH3 is 1. The number of sulfonamides is 1. The summed E-state index contributed by atoms with van der Waals surface area (Å²) in [6.07, 6.45) is 0. The Morgan fingerprint density at radius 1 is 0.938 bits per heavy atom. The lowest BCUT2D eigenvalue weighted by molar-refractivity contribution is -0.114. The van der Waals surface area contributed by atoms with E-state index in [0.29, 0.717) is 0 Å². The van der Waals surface area contributed by atoms with Gasteiger partial charge in [0.1, 0.15) is 12.3 Å². The molecule has 6 nitrogen and oxygen atoms in total. The van der Waals surface area contributed by atoms with Gasteiger partial charge in [-0.3, -0.25) is 9.10 Å². The van der Waals surface area contributed by atoms with Crippen LogP contribution in [-0.2, 0) is 14.8 Å². The van der Waals surface area contributed by atoms with E-state index in [1.807, 2.05) is 6.92 Å². The van der Waals surface area contributed by atoms with Crippen LogP contribution in [0.15, 0.2) is 65.6 Å². The Morgan fingerprint density at radius 2 is 1.59 bits per heavy atom. The van der Waals surface area contributed by atoms with Crippen LogP contribution < -0.4 is 14.4 Å². The maximum Gasteiger partial charge on any atom is 0.264 e. The smallest absolute Gasteiger partial charge is 0.264 e. The first-order valence-electron chi connectivity index (χ1n) is 9.61. The second-order valence-corrected chi connectivity index (χ2v) is 9.04. The molecule has 1 amide bonds. The van der Waals surface area contributed by atoms with Crippen LogP contribution in [0.25, 0.3) is 0 Å². The highest BCUT2D eigenvalue weighted by Crippen LogP contribution is 2.33. The van der Waals surface area contributed by atoms with Crippen molar-refractivity contribution in [2.45, 2.75) is 18.7 Å². The van der Waals surface area contributed by atoms with Gasteiger partial charge in [-0.2, -0.15) is 0 Å². The molecule has 1 N–H and O–H groups in total. The van der Waals surface area contributed by atoms with Gasteiger partial charge in [0.2, 0.25) is 5.91 Å². The molecule has 0 saturated heterocycles. The summed E-state index contributed by atoms with van der Waals surface area (Å²) in [5.41, 5.74) is 1.80.